The Morgan fingerprint density at radius 2 is 2.00 bits per heavy atom. The molecule has 0 saturated carbocycles. The maximum absolute atomic E-state index is 13.2. The maximum atomic E-state index is 13.2. The van der Waals surface area contributed by atoms with Crippen LogP contribution in [0.3, 0.4) is 0 Å². The first-order valence-electron chi connectivity index (χ1n) is 6.50. The lowest BCUT2D eigenvalue weighted by molar-refractivity contribution is 0.472. The molecule has 0 bridgehead atoms. The van der Waals surface area contributed by atoms with Crippen LogP contribution in [0.2, 0.25) is 0 Å². The fraction of sp³-hybridized carbons (Fsp3) is 0.250. The summed E-state index contributed by atoms with van der Waals surface area (Å²) in [5.74, 6) is 0.846. The molecule has 0 amide bonds. The van der Waals surface area contributed by atoms with Crippen molar-refractivity contribution in [3.63, 3.8) is 0 Å². The first-order valence-corrected chi connectivity index (χ1v) is 7.29. The summed E-state index contributed by atoms with van der Waals surface area (Å²) in [7, 11) is 0. The van der Waals surface area contributed by atoms with E-state index in [1.807, 2.05) is 24.3 Å². The van der Waals surface area contributed by atoms with E-state index in [4.69, 9.17) is 4.74 Å². The van der Waals surface area contributed by atoms with Crippen LogP contribution in [-0.4, -0.2) is 6.04 Å². The van der Waals surface area contributed by atoms with E-state index < -0.39 is 0 Å². The molecule has 20 heavy (non-hydrogen) atoms. The van der Waals surface area contributed by atoms with Crippen LogP contribution in [-0.2, 0) is 6.54 Å². The van der Waals surface area contributed by atoms with Crippen LogP contribution in [0.4, 0.5) is 4.39 Å². The summed E-state index contributed by atoms with van der Waals surface area (Å²) in [5.41, 5.74) is 1.13. The van der Waals surface area contributed by atoms with Crippen LogP contribution in [0, 0.1) is 5.82 Å². The van der Waals surface area contributed by atoms with Gasteiger partial charge in [-0.3, -0.25) is 0 Å². The van der Waals surface area contributed by atoms with Gasteiger partial charge in [-0.1, -0.05) is 26.0 Å². The highest BCUT2D eigenvalue weighted by Gasteiger charge is 2.05. The highest BCUT2D eigenvalue weighted by molar-refractivity contribution is 9.10. The predicted molar refractivity (Wildman–Crippen MR) is 82.6 cm³/mol. The van der Waals surface area contributed by atoms with Crippen molar-refractivity contribution in [2.45, 2.75) is 26.4 Å². The van der Waals surface area contributed by atoms with Gasteiger partial charge >= 0.3 is 0 Å². The van der Waals surface area contributed by atoms with Crippen molar-refractivity contribution in [2.75, 3.05) is 0 Å². The Bertz CT molecular complexity index is 586. The minimum Gasteiger partial charge on any atom is -0.456 e. The van der Waals surface area contributed by atoms with Crippen molar-refractivity contribution >= 4 is 15.9 Å². The van der Waals surface area contributed by atoms with Crippen molar-refractivity contribution in [3.05, 3.63) is 58.3 Å². The van der Waals surface area contributed by atoms with Crippen molar-refractivity contribution in [1.82, 2.24) is 5.32 Å². The molecule has 0 atom stereocenters. The minimum atomic E-state index is -0.319. The van der Waals surface area contributed by atoms with E-state index in [9.17, 15) is 4.39 Å². The zero-order valence-electron chi connectivity index (χ0n) is 11.5. The fourth-order valence-electron chi connectivity index (χ4n) is 1.72. The van der Waals surface area contributed by atoms with Gasteiger partial charge in [-0.15, -0.1) is 0 Å². The van der Waals surface area contributed by atoms with Gasteiger partial charge in [-0.2, -0.15) is 0 Å². The summed E-state index contributed by atoms with van der Waals surface area (Å²) in [6, 6.07) is 12.6. The number of ether oxygens (including phenoxy) is 1. The molecule has 0 aliphatic carbocycles. The van der Waals surface area contributed by atoms with E-state index in [1.165, 1.54) is 12.1 Å². The molecule has 2 aromatic rings. The largest absolute Gasteiger partial charge is 0.456 e. The van der Waals surface area contributed by atoms with Crippen molar-refractivity contribution in [2.24, 2.45) is 0 Å². The molecule has 0 heterocycles. The SMILES string of the molecule is CC(C)NCc1cccc(Oc2cc(F)ccc2Br)c1. The maximum Gasteiger partial charge on any atom is 0.144 e. The number of hydrogen-bond acceptors (Lipinski definition) is 2. The van der Waals surface area contributed by atoms with Crippen LogP contribution in [0.1, 0.15) is 19.4 Å². The Labute approximate surface area is 127 Å². The summed E-state index contributed by atoms with van der Waals surface area (Å²) in [4.78, 5) is 0. The normalized spacial score (nSPS) is 10.8. The van der Waals surface area contributed by atoms with Crippen LogP contribution >= 0.6 is 15.9 Å². The summed E-state index contributed by atoms with van der Waals surface area (Å²) < 4.78 is 19.7. The Balaban J connectivity index is 2.13. The molecule has 2 aromatic carbocycles. The van der Waals surface area contributed by atoms with E-state index in [-0.39, 0.29) is 5.82 Å². The lowest BCUT2D eigenvalue weighted by atomic mass is 10.2. The number of rotatable bonds is 5. The number of halogens is 2. The van der Waals surface area contributed by atoms with Gasteiger partial charge < -0.3 is 10.1 Å². The topological polar surface area (TPSA) is 21.3 Å². The first-order chi connectivity index (χ1) is 9.54. The second-order valence-electron chi connectivity index (χ2n) is 4.86. The van der Waals surface area contributed by atoms with Crippen LogP contribution in [0.5, 0.6) is 11.5 Å². The van der Waals surface area contributed by atoms with Gasteiger partial charge in [0.15, 0.2) is 0 Å². The summed E-state index contributed by atoms with van der Waals surface area (Å²) in [6.07, 6.45) is 0. The van der Waals surface area contributed by atoms with Crippen LogP contribution < -0.4 is 10.1 Å². The van der Waals surface area contributed by atoms with E-state index in [0.717, 1.165) is 16.6 Å². The van der Waals surface area contributed by atoms with Crippen LogP contribution in [0.15, 0.2) is 46.9 Å². The Morgan fingerprint density at radius 3 is 2.75 bits per heavy atom. The van der Waals surface area contributed by atoms with Crippen molar-refractivity contribution < 1.29 is 9.13 Å². The van der Waals surface area contributed by atoms with Gasteiger partial charge in [0, 0.05) is 18.7 Å². The molecule has 0 aromatic heterocycles. The van der Waals surface area contributed by atoms with Gasteiger partial charge in [0.1, 0.15) is 17.3 Å². The molecule has 0 saturated heterocycles. The van der Waals surface area contributed by atoms with E-state index in [0.29, 0.717) is 17.5 Å². The average molecular weight is 338 g/mol. The van der Waals surface area contributed by atoms with Gasteiger partial charge in [-0.25, -0.2) is 4.39 Å². The summed E-state index contributed by atoms with van der Waals surface area (Å²) >= 11 is 3.35. The standard InChI is InChI=1S/C16H17BrFNO/c1-11(2)19-10-12-4-3-5-14(8-12)20-16-9-13(18)6-7-15(16)17/h3-9,11,19H,10H2,1-2H3. The van der Waals surface area contributed by atoms with Gasteiger partial charge in [0.2, 0.25) is 0 Å². The van der Waals surface area contributed by atoms with Gasteiger partial charge in [0.05, 0.1) is 4.47 Å². The number of benzene rings is 2. The monoisotopic (exact) mass is 337 g/mol. The first kappa shape index (κ1) is 15.0. The van der Waals surface area contributed by atoms with Crippen LogP contribution in [0.25, 0.3) is 0 Å². The van der Waals surface area contributed by atoms with Gasteiger partial charge in [-0.05, 0) is 45.8 Å². The fourth-order valence-corrected chi connectivity index (χ4v) is 2.05. The molecule has 0 spiro atoms. The third-order valence-electron chi connectivity index (χ3n) is 2.73. The van der Waals surface area contributed by atoms with E-state index in [1.54, 1.807) is 6.07 Å². The molecule has 2 rings (SSSR count). The molecular formula is C16H17BrFNO. The Hall–Kier alpha value is -1.39. The van der Waals surface area contributed by atoms with Crippen molar-refractivity contribution in [3.8, 4) is 11.5 Å². The predicted octanol–water partition coefficient (Wildman–Crippen LogP) is 4.88. The highest BCUT2D eigenvalue weighted by Crippen LogP contribution is 2.30. The van der Waals surface area contributed by atoms with E-state index in [2.05, 4.69) is 35.1 Å². The smallest absolute Gasteiger partial charge is 0.144 e. The highest BCUT2D eigenvalue weighted by atomic mass is 79.9. The molecule has 1 N–H and O–H groups in total. The molecular weight excluding hydrogens is 321 g/mol. The third-order valence-corrected chi connectivity index (χ3v) is 3.39. The van der Waals surface area contributed by atoms with Crippen molar-refractivity contribution in [1.29, 1.82) is 0 Å². The summed E-state index contributed by atoms with van der Waals surface area (Å²) in [5, 5.41) is 3.35. The third kappa shape index (κ3) is 4.32. The minimum absolute atomic E-state index is 0.319. The second-order valence-corrected chi connectivity index (χ2v) is 5.71. The quantitative estimate of drug-likeness (QED) is 0.839. The van der Waals surface area contributed by atoms with Gasteiger partial charge in [0.25, 0.3) is 0 Å². The lowest BCUT2D eigenvalue weighted by Crippen LogP contribution is -2.21. The average Bonchev–Trinajstić information content (AvgIpc) is 2.41. The Kier molecular flexibility index (Phi) is 5.15. The molecule has 0 fully saturated rings. The molecule has 2 nitrogen and oxygen atoms in total. The molecule has 0 radical (unpaired) electrons. The molecule has 0 aliphatic rings. The number of nitrogens with one attached hydrogen (secondary N) is 1. The zero-order valence-corrected chi connectivity index (χ0v) is 13.1. The lowest BCUT2D eigenvalue weighted by Gasteiger charge is -2.11. The molecule has 0 unspecified atom stereocenters. The molecule has 0 aliphatic heterocycles. The Morgan fingerprint density at radius 1 is 1.20 bits per heavy atom. The molecule has 4 heteroatoms. The zero-order chi connectivity index (χ0) is 14.5. The summed E-state index contributed by atoms with van der Waals surface area (Å²) in [6.45, 7) is 4.98. The number of hydrogen-bond donors (Lipinski definition) is 1. The van der Waals surface area contributed by atoms with E-state index >= 15 is 0 Å². The molecule has 106 valence electrons. The second kappa shape index (κ2) is 6.86.